The third-order valence-corrected chi connectivity index (χ3v) is 10.8. The summed E-state index contributed by atoms with van der Waals surface area (Å²) in [7, 11) is 6.64. The summed E-state index contributed by atoms with van der Waals surface area (Å²) in [6.45, 7) is 1.45. The maximum absolute atomic E-state index is 12.0. The molecule has 0 bridgehead atoms. The second-order valence-corrected chi connectivity index (χ2v) is 12.3. The van der Waals surface area contributed by atoms with Gasteiger partial charge in [0.15, 0.2) is 0 Å². The zero-order valence-corrected chi connectivity index (χ0v) is 21.4. The van der Waals surface area contributed by atoms with E-state index in [9.17, 15) is 4.79 Å². The van der Waals surface area contributed by atoms with Crippen molar-refractivity contribution in [1.29, 1.82) is 0 Å². The monoisotopic (exact) mass is 564 g/mol. The zero-order valence-electron chi connectivity index (χ0n) is 15.1. The second kappa shape index (κ2) is 9.86. The quantitative estimate of drug-likeness (QED) is 0.206. The van der Waals surface area contributed by atoms with Crippen molar-refractivity contribution in [2.45, 2.75) is 13.0 Å². The maximum atomic E-state index is 12.0. The minimum absolute atomic E-state index is 0.309. The summed E-state index contributed by atoms with van der Waals surface area (Å²) < 4.78 is 7.00. The molecule has 0 radical (unpaired) electrons. The molecule has 4 heteroatoms. The van der Waals surface area contributed by atoms with Crippen molar-refractivity contribution in [2.75, 3.05) is 0 Å². The minimum atomic E-state index is -1.91. The van der Waals surface area contributed by atoms with E-state index in [0.29, 0.717) is 0 Å². The third-order valence-electron chi connectivity index (χ3n) is 4.31. The summed E-state index contributed by atoms with van der Waals surface area (Å²) in [4.78, 5) is 12.0. The number of ether oxygens (including phenoxy) is 1. The molecule has 0 aliphatic heterocycles. The molecular weight excluding hydrogens is 544 g/mol. The molecule has 0 saturated carbocycles. The van der Waals surface area contributed by atoms with Crippen molar-refractivity contribution >= 4 is 22.9 Å². The van der Waals surface area contributed by atoms with Gasteiger partial charge in [0, 0.05) is 0 Å². The average molecular weight is 563 g/mol. The number of carbonyl (C=O) groups excluding carboxylic acids is 1. The molecule has 0 saturated heterocycles. The summed E-state index contributed by atoms with van der Waals surface area (Å²) in [6, 6.07) is 30.1. The van der Waals surface area contributed by atoms with Crippen LogP contribution in [0.4, 0.5) is 0 Å². The molecule has 0 aliphatic carbocycles. The first kappa shape index (κ1) is 19.8. The van der Waals surface area contributed by atoms with E-state index in [2.05, 4.69) is 24.3 Å². The van der Waals surface area contributed by atoms with Crippen molar-refractivity contribution in [3.05, 3.63) is 108 Å². The molecule has 0 fully saturated rings. The van der Waals surface area contributed by atoms with Crippen molar-refractivity contribution in [3.8, 4) is 0 Å². The van der Waals surface area contributed by atoms with E-state index in [1.807, 2.05) is 66.7 Å². The molecule has 0 spiro atoms. The molecule has 0 aliphatic rings. The molecular formula is C23H19ClHgO2. The Hall–Kier alpha value is -1.90. The van der Waals surface area contributed by atoms with Gasteiger partial charge in [-0.05, 0) is 0 Å². The molecule has 0 N–H and O–H groups in total. The Morgan fingerprint density at radius 3 is 1.78 bits per heavy atom. The molecule has 27 heavy (non-hydrogen) atoms. The Morgan fingerprint density at radius 1 is 0.815 bits per heavy atom. The van der Waals surface area contributed by atoms with Crippen LogP contribution in [0.2, 0.25) is 0 Å². The number of rotatable bonds is 6. The standard InChI is InChI=1S/C23H19O2.ClH.Hg/c1-18(24)25-23(21-15-9-4-10-16-21)22(20-13-7-3-8-14-20)17-19-11-5-2-6-12-19;;/h2-16,23H,1H3;1H;/q;;+1/p-1. The van der Waals surface area contributed by atoms with E-state index < -0.39 is 29.4 Å². The van der Waals surface area contributed by atoms with Gasteiger partial charge in [0.25, 0.3) is 0 Å². The number of esters is 1. The average Bonchev–Trinajstić information content (AvgIpc) is 2.72. The SMILES string of the molecule is CC(=O)OC(/C(=[C](\[Hg][Cl])c1ccccc1)c1ccccc1)c1ccccc1. The molecule has 132 valence electrons. The first-order valence-electron chi connectivity index (χ1n) is 8.82. The van der Waals surface area contributed by atoms with Crippen LogP contribution in [-0.4, -0.2) is 5.97 Å². The van der Waals surface area contributed by atoms with Gasteiger partial charge in [-0.15, -0.1) is 0 Å². The van der Waals surface area contributed by atoms with Gasteiger partial charge >= 0.3 is 176 Å². The van der Waals surface area contributed by atoms with Crippen LogP contribution in [0.1, 0.15) is 29.7 Å². The van der Waals surface area contributed by atoms with E-state index >= 15 is 0 Å². The van der Waals surface area contributed by atoms with Crippen molar-refractivity contribution in [1.82, 2.24) is 0 Å². The molecule has 0 amide bonds. The molecule has 3 aromatic carbocycles. The Kier molecular flexibility index (Phi) is 7.25. The van der Waals surface area contributed by atoms with Gasteiger partial charge in [0.1, 0.15) is 0 Å². The number of halogens is 1. The van der Waals surface area contributed by atoms with E-state index in [1.165, 1.54) is 10.0 Å². The predicted molar refractivity (Wildman–Crippen MR) is 107 cm³/mol. The number of carbonyl (C=O) groups is 1. The van der Waals surface area contributed by atoms with Crippen LogP contribution >= 0.6 is 8.25 Å². The number of benzene rings is 3. The van der Waals surface area contributed by atoms with Gasteiger partial charge in [0.2, 0.25) is 0 Å². The van der Waals surface area contributed by atoms with Crippen molar-refractivity contribution < 1.29 is 32.9 Å². The van der Waals surface area contributed by atoms with Gasteiger partial charge in [0.05, 0.1) is 0 Å². The van der Waals surface area contributed by atoms with Gasteiger partial charge in [-0.25, -0.2) is 0 Å². The van der Waals surface area contributed by atoms with E-state index in [0.717, 1.165) is 22.3 Å². The Morgan fingerprint density at radius 2 is 1.30 bits per heavy atom. The van der Waals surface area contributed by atoms with Crippen molar-refractivity contribution in [2.24, 2.45) is 0 Å². The van der Waals surface area contributed by atoms with E-state index in [1.54, 1.807) is 0 Å². The second-order valence-electron chi connectivity index (χ2n) is 6.16. The van der Waals surface area contributed by atoms with Crippen LogP contribution in [0.15, 0.2) is 91.0 Å². The van der Waals surface area contributed by atoms with Crippen molar-refractivity contribution in [3.63, 3.8) is 0 Å². The fourth-order valence-electron chi connectivity index (χ4n) is 3.13. The molecule has 1 unspecified atom stereocenters. The van der Waals surface area contributed by atoms with E-state index in [4.69, 9.17) is 13.0 Å². The molecule has 1 atom stereocenters. The van der Waals surface area contributed by atoms with Gasteiger partial charge in [-0.2, -0.15) is 0 Å². The van der Waals surface area contributed by atoms with Crippen LogP contribution in [-0.2, 0) is 32.9 Å². The van der Waals surface area contributed by atoms with Crippen LogP contribution < -0.4 is 0 Å². The summed E-state index contributed by atoms with van der Waals surface area (Å²) in [5.41, 5.74) is 4.09. The number of hydrogen-bond donors (Lipinski definition) is 0. The Bertz CT molecular complexity index is 909. The fourth-order valence-corrected chi connectivity index (χ4v) is 9.34. The van der Waals surface area contributed by atoms with Gasteiger partial charge in [-0.1, -0.05) is 0 Å². The summed E-state index contributed by atoms with van der Waals surface area (Å²) in [5.74, 6) is -0.309. The fraction of sp³-hybridized carbons (Fsp3) is 0.0870. The van der Waals surface area contributed by atoms with Crippen LogP contribution in [0.5, 0.6) is 0 Å². The van der Waals surface area contributed by atoms with Crippen LogP contribution in [0, 0.1) is 0 Å². The molecule has 2 nitrogen and oxygen atoms in total. The van der Waals surface area contributed by atoms with Crippen LogP contribution in [0.3, 0.4) is 0 Å². The number of hydrogen-bond acceptors (Lipinski definition) is 2. The topological polar surface area (TPSA) is 26.3 Å². The molecule has 0 heterocycles. The summed E-state index contributed by atoms with van der Waals surface area (Å²) in [6.07, 6.45) is -0.486. The predicted octanol–water partition coefficient (Wildman–Crippen LogP) is 6.10. The third kappa shape index (κ3) is 5.09. The molecule has 0 aromatic heterocycles. The Labute approximate surface area is 175 Å². The van der Waals surface area contributed by atoms with Crippen LogP contribution in [0.25, 0.3) is 8.65 Å². The van der Waals surface area contributed by atoms with E-state index in [-0.39, 0.29) is 5.97 Å². The zero-order chi connectivity index (χ0) is 19.1. The summed E-state index contributed by atoms with van der Waals surface area (Å²) >= 11 is -1.91. The Balaban J connectivity index is 2.27. The normalized spacial score (nSPS) is 12.5. The summed E-state index contributed by atoms with van der Waals surface area (Å²) in [5, 5.41) is 0. The first-order valence-corrected chi connectivity index (χ1v) is 18.3. The van der Waals surface area contributed by atoms with Gasteiger partial charge in [-0.3, -0.25) is 0 Å². The molecule has 3 rings (SSSR count). The molecule has 3 aromatic rings. The van der Waals surface area contributed by atoms with Gasteiger partial charge < -0.3 is 0 Å². The first-order chi connectivity index (χ1) is 13.2.